The molecule has 31 heavy (non-hydrogen) atoms. The molecule has 5 rings (SSSR count). The van der Waals surface area contributed by atoms with E-state index in [0.29, 0.717) is 23.1 Å². The van der Waals surface area contributed by atoms with Crippen molar-refractivity contribution in [2.75, 3.05) is 11.4 Å². The molecule has 1 aliphatic carbocycles. The molecule has 1 fully saturated rings. The largest absolute Gasteiger partial charge is 0.339 e. The first kappa shape index (κ1) is 20.5. The average molecular weight is 486 g/mol. The van der Waals surface area contributed by atoms with Crippen molar-refractivity contribution in [3.8, 4) is 0 Å². The van der Waals surface area contributed by atoms with Gasteiger partial charge < -0.3 is 9.47 Å². The predicted molar refractivity (Wildman–Crippen MR) is 126 cm³/mol. The van der Waals surface area contributed by atoms with Crippen LogP contribution in [-0.4, -0.2) is 31.3 Å². The third-order valence-corrected chi connectivity index (χ3v) is 7.27. The van der Waals surface area contributed by atoms with Crippen molar-refractivity contribution in [1.82, 2.24) is 18.7 Å². The molecule has 0 bridgehead atoms. The Morgan fingerprint density at radius 2 is 1.77 bits per heavy atom. The van der Waals surface area contributed by atoms with Crippen LogP contribution in [0.5, 0.6) is 0 Å². The van der Waals surface area contributed by atoms with Gasteiger partial charge in [-0.1, -0.05) is 54.2 Å². The molecule has 0 radical (unpaired) electrons. The zero-order valence-electron chi connectivity index (χ0n) is 18.1. The predicted octanol–water partition coefficient (Wildman–Crippen LogP) is 3.50. The lowest BCUT2D eigenvalue weighted by Crippen LogP contribution is -2.45. The van der Waals surface area contributed by atoms with Gasteiger partial charge in [0.15, 0.2) is 11.2 Å². The van der Waals surface area contributed by atoms with E-state index in [1.165, 1.54) is 41.2 Å². The van der Waals surface area contributed by atoms with Crippen molar-refractivity contribution in [1.29, 1.82) is 0 Å². The Kier molecular flexibility index (Phi) is 5.28. The maximum Gasteiger partial charge on any atom is 0.332 e. The number of rotatable bonds is 3. The van der Waals surface area contributed by atoms with Crippen LogP contribution >= 0.6 is 15.9 Å². The van der Waals surface area contributed by atoms with Crippen LogP contribution in [0.25, 0.3) is 11.2 Å². The molecular formula is C23H28BrN5O2. The monoisotopic (exact) mass is 485 g/mol. The molecule has 1 saturated carbocycles. The summed E-state index contributed by atoms with van der Waals surface area (Å²) in [6.07, 6.45) is 6.12. The minimum atomic E-state index is -0.326. The van der Waals surface area contributed by atoms with Crippen molar-refractivity contribution < 1.29 is 0 Å². The molecule has 1 aromatic carbocycles. The van der Waals surface area contributed by atoms with Gasteiger partial charge >= 0.3 is 5.69 Å². The SMILES string of the molecule is C[C@@H]1CN(C2CCCCC2)c2nc3c(c(=O)n(Cc4ccc(Br)cc4)c(=O)n3C)n2C1. The Balaban J connectivity index is 1.66. The van der Waals surface area contributed by atoms with Crippen LogP contribution in [0.1, 0.15) is 44.6 Å². The van der Waals surface area contributed by atoms with Crippen LogP contribution in [0.3, 0.4) is 0 Å². The van der Waals surface area contributed by atoms with E-state index in [2.05, 4.69) is 32.3 Å². The Bertz CT molecular complexity index is 1230. The molecule has 2 aromatic heterocycles. The number of hydrogen-bond acceptors (Lipinski definition) is 4. The lowest BCUT2D eigenvalue weighted by Gasteiger charge is -2.40. The van der Waals surface area contributed by atoms with Crippen molar-refractivity contribution in [2.24, 2.45) is 13.0 Å². The van der Waals surface area contributed by atoms with Gasteiger partial charge in [0.05, 0.1) is 6.54 Å². The summed E-state index contributed by atoms with van der Waals surface area (Å²) in [5.41, 5.74) is 1.37. The number of halogens is 1. The van der Waals surface area contributed by atoms with E-state index in [-0.39, 0.29) is 17.8 Å². The highest BCUT2D eigenvalue weighted by atomic mass is 79.9. The second-order valence-electron chi connectivity index (χ2n) is 9.10. The highest BCUT2D eigenvalue weighted by molar-refractivity contribution is 9.10. The van der Waals surface area contributed by atoms with E-state index in [0.717, 1.165) is 29.1 Å². The molecular weight excluding hydrogens is 458 g/mol. The van der Waals surface area contributed by atoms with Crippen LogP contribution in [0.4, 0.5) is 5.95 Å². The summed E-state index contributed by atoms with van der Waals surface area (Å²) in [5.74, 6) is 1.27. The maximum absolute atomic E-state index is 13.6. The minimum absolute atomic E-state index is 0.247. The lowest BCUT2D eigenvalue weighted by atomic mass is 9.93. The molecule has 1 aliphatic heterocycles. The molecule has 164 valence electrons. The normalized spacial score (nSPS) is 19.7. The van der Waals surface area contributed by atoms with E-state index >= 15 is 0 Å². The quantitative estimate of drug-likeness (QED) is 0.569. The Morgan fingerprint density at radius 3 is 2.48 bits per heavy atom. The van der Waals surface area contributed by atoms with Gasteiger partial charge in [-0.25, -0.2) is 4.79 Å². The topological polar surface area (TPSA) is 65.1 Å². The van der Waals surface area contributed by atoms with Gasteiger partial charge in [0.25, 0.3) is 5.56 Å². The minimum Gasteiger partial charge on any atom is -0.339 e. The fraction of sp³-hybridized carbons (Fsp3) is 0.522. The molecule has 0 N–H and O–H groups in total. The fourth-order valence-corrected chi connectivity index (χ4v) is 5.42. The van der Waals surface area contributed by atoms with Crippen molar-refractivity contribution in [3.05, 3.63) is 55.1 Å². The second kappa shape index (κ2) is 7.97. The summed E-state index contributed by atoms with van der Waals surface area (Å²) in [5, 5.41) is 0. The Labute approximate surface area is 189 Å². The van der Waals surface area contributed by atoms with Gasteiger partial charge in [-0.2, -0.15) is 4.98 Å². The first-order chi connectivity index (χ1) is 14.9. The molecule has 0 saturated heterocycles. The fourth-order valence-electron chi connectivity index (χ4n) is 5.16. The first-order valence-electron chi connectivity index (χ1n) is 11.1. The van der Waals surface area contributed by atoms with Gasteiger partial charge in [-0.05, 0) is 36.5 Å². The molecule has 3 aromatic rings. The summed E-state index contributed by atoms with van der Waals surface area (Å²) < 4.78 is 5.90. The zero-order chi connectivity index (χ0) is 21.7. The van der Waals surface area contributed by atoms with Crippen LogP contribution in [0, 0.1) is 5.92 Å². The number of fused-ring (bicyclic) bond motifs is 3. The van der Waals surface area contributed by atoms with Gasteiger partial charge in [0, 0.05) is 30.7 Å². The van der Waals surface area contributed by atoms with Crippen molar-refractivity contribution in [3.63, 3.8) is 0 Å². The highest BCUT2D eigenvalue weighted by Crippen LogP contribution is 2.33. The average Bonchev–Trinajstić information content (AvgIpc) is 3.16. The molecule has 8 heteroatoms. The molecule has 2 aliphatic rings. The molecule has 0 amide bonds. The van der Waals surface area contributed by atoms with Crippen LogP contribution in [0.2, 0.25) is 0 Å². The number of anilines is 1. The number of hydrogen-bond donors (Lipinski definition) is 0. The Morgan fingerprint density at radius 1 is 1.06 bits per heavy atom. The van der Waals surface area contributed by atoms with Gasteiger partial charge in [0.1, 0.15) is 0 Å². The van der Waals surface area contributed by atoms with Crippen LogP contribution < -0.4 is 16.1 Å². The smallest absolute Gasteiger partial charge is 0.332 e. The summed E-state index contributed by atoms with van der Waals surface area (Å²) in [4.78, 5) is 33.9. The summed E-state index contributed by atoms with van der Waals surface area (Å²) in [7, 11) is 1.72. The number of aromatic nitrogens is 4. The van der Waals surface area contributed by atoms with Crippen molar-refractivity contribution in [2.45, 2.75) is 58.2 Å². The van der Waals surface area contributed by atoms with Gasteiger partial charge in [0.2, 0.25) is 5.95 Å². The summed E-state index contributed by atoms with van der Waals surface area (Å²) in [6.45, 7) is 4.18. The Hall–Kier alpha value is -2.35. The highest BCUT2D eigenvalue weighted by Gasteiger charge is 2.33. The van der Waals surface area contributed by atoms with Crippen molar-refractivity contribution >= 4 is 33.0 Å². The molecule has 7 nitrogen and oxygen atoms in total. The van der Waals surface area contributed by atoms with Gasteiger partial charge in [-0.15, -0.1) is 0 Å². The molecule has 3 heterocycles. The molecule has 1 atom stereocenters. The van der Waals surface area contributed by atoms with E-state index in [1.807, 2.05) is 24.3 Å². The lowest BCUT2D eigenvalue weighted by molar-refractivity contribution is 0.354. The van der Waals surface area contributed by atoms with Crippen LogP contribution in [0.15, 0.2) is 38.3 Å². The van der Waals surface area contributed by atoms with Crippen LogP contribution in [-0.2, 0) is 20.1 Å². The number of aryl methyl sites for hydroxylation is 1. The summed E-state index contributed by atoms with van der Waals surface area (Å²) in [6, 6.07) is 8.17. The van der Waals surface area contributed by atoms with E-state index < -0.39 is 0 Å². The van der Waals surface area contributed by atoms with E-state index in [1.54, 1.807) is 7.05 Å². The standard InChI is InChI=1S/C23H28BrN5O2/c1-15-12-27(18-6-4-3-5-7-18)22-25-20-19(28(22)13-15)21(30)29(23(31)26(20)2)14-16-8-10-17(24)11-9-16/h8-11,15,18H,3-7,12-14H2,1-2H3/t15-/m1/s1. The molecule has 0 spiro atoms. The number of nitrogens with zero attached hydrogens (tertiary/aromatic N) is 5. The van der Waals surface area contributed by atoms with Gasteiger partial charge in [-0.3, -0.25) is 13.9 Å². The van der Waals surface area contributed by atoms with E-state index in [4.69, 9.17) is 4.98 Å². The molecule has 0 unspecified atom stereocenters. The number of benzene rings is 1. The summed E-state index contributed by atoms with van der Waals surface area (Å²) >= 11 is 3.43. The zero-order valence-corrected chi connectivity index (χ0v) is 19.6. The first-order valence-corrected chi connectivity index (χ1v) is 11.9. The second-order valence-corrected chi connectivity index (χ2v) is 10.0. The third kappa shape index (κ3) is 3.54. The number of imidazole rings is 1. The third-order valence-electron chi connectivity index (χ3n) is 6.74. The maximum atomic E-state index is 13.6. The van der Waals surface area contributed by atoms with E-state index in [9.17, 15) is 9.59 Å².